The molecule has 2 heterocycles. The minimum atomic E-state index is -0.392. The van der Waals surface area contributed by atoms with Crippen molar-refractivity contribution in [1.82, 2.24) is 9.55 Å². The van der Waals surface area contributed by atoms with Crippen LogP contribution in [0.2, 0.25) is 10.0 Å². The van der Waals surface area contributed by atoms with E-state index in [9.17, 15) is 14.4 Å². The van der Waals surface area contributed by atoms with Crippen molar-refractivity contribution in [2.75, 3.05) is 5.32 Å². The van der Waals surface area contributed by atoms with E-state index in [-0.39, 0.29) is 28.8 Å². The monoisotopic (exact) mass is 485 g/mol. The van der Waals surface area contributed by atoms with E-state index < -0.39 is 5.56 Å². The van der Waals surface area contributed by atoms with Crippen LogP contribution in [0.15, 0.2) is 53.6 Å². The number of para-hydroxylation sites is 1. The first-order chi connectivity index (χ1) is 15.3. The molecule has 4 aromatic rings. The van der Waals surface area contributed by atoms with Crippen LogP contribution in [0.4, 0.5) is 5.69 Å². The molecule has 9 heteroatoms. The average molecular weight is 486 g/mol. The normalized spacial score (nSPS) is 11.0. The summed E-state index contributed by atoms with van der Waals surface area (Å²) in [6.45, 7) is 3.37. The fraction of sp³-hybridized carbons (Fsp3) is 0.130. The highest BCUT2D eigenvalue weighted by Crippen LogP contribution is 2.28. The van der Waals surface area contributed by atoms with Gasteiger partial charge in [0, 0.05) is 16.3 Å². The zero-order valence-corrected chi connectivity index (χ0v) is 19.4. The first kappa shape index (κ1) is 22.2. The molecule has 0 fully saturated rings. The van der Waals surface area contributed by atoms with Gasteiger partial charge in [-0.25, -0.2) is 4.98 Å². The topological polar surface area (TPSA) is 81.1 Å². The highest BCUT2D eigenvalue weighted by atomic mass is 35.5. The van der Waals surface area contributed by atoms with Crippen LogP contribution in [0.25, 0.3) is 10.2 Å². The molecule has 0 unspecified atom stereocenters. The maximum Gasteiger partial charge on any atom is 0.266 e. The van der Waals surface area contributed by atoms with E-state index in [1.165, 1.54) is 23.0 Å². The van der Waals surface area contributed by atoms with Crippen LogP contribution in [-0.2, 0) is 6.54 Å². The summed E-state index contributed by atoms with van der Waals surface area (Å²) in [5, 5.41) is 3.83. The van der Waals surface area contributed by atoms with E-state index in [4.69, 9.17) is 23.2 Å². The summed E-state index contributed by atoms with van der Waals surface area (Å²) in [5.74, 6) is -0.657. The van der Waals surface area contributed by atoms with Crippen molar-refractivity contribution in [2.24, 2.45) is 0 Å². The van der Waals surface area contributed by atoms with Crippen molar-refractivity contribution >= 4 is 62.1 Å². The zero-order valence-electron chi connectivity index (χ0n) is 17.1. The number of nitrogens with zero attached hydrogens (tertiary/aromatic N) is 2. The first-order valence-corrected chi connectivity index (χ1v) is 11.2. The lowest BCUT2D eigenvalue weighted by atomic mass is 10.1. The molecule has 0 saturated heterocycles. The van der Waals surface area contributed by atoms with Gasteiger partial charge >= 0.3 is 0 Å². The maximum atomic E-state index is 13.1. The summed E-state index contributed by atoms with van der Waals surface area (Å²) in [7, 11) is 0. The Kier molecular flexibility index (Phi) is 6.15. The predicted octanol–water partition coefficient (Wildman–Crippen LogP) is 5.52. The molecule has 0 bridgehead atoms. The number of hydrogen-bond donors (Lipinski definition) is 1. The summed E-state index contributed by atoms with van der Waals surface area (Å²) in [6, 6.07) is 12.0. The lowest BCUT2D eigenvalue weighted by Crippen LogP contribution is -2.25. The number of rotatable bonds is 5. The second-order valence-electron chi connectivity index (χ2n) is 7.23. The second kappa shape index (κ2) is 8.86. The Labute approximate surface area is 197 Å². The highest BCUT2D eigenvalue weighted by molar-refractivity contribution is 7.20. The second-order valence-corrected chi connectivity index (χ2v) is 9.07. The molecule has 4 rings (SSSR count). The molecule has 0 saturated carbocycles. The molecule has 0 aliphatic carbocycles. The predicted molar refractivity (Wildman–Crippen MR) is 129 cm³/mol. The van der Waals surface area contributed by atoms with E-state index in [0.29, 0.717) is 31.4 Å². The van der Waals surface area contributed by atoms with Gasteiger partial charge in [0.1, 0.15) is 4.83 Å². The van der Waals surface area contributed by atoms with Gasteiger partial charge in [-0.1, -0.05) is 41.4 Å². The van der Waals surface area contributed by atoms with Gasteiger partial charge in [-0.15, -0.1) is 11.3 Å². The molecule has 0 spiro atoms. The molecule has 6 nitrogen and oxygen atoms in total. The molecule has 0 aliphatic rings. The Balaban J connectivity index is 1.66. The smallest absolute Gasteiger partial charge is 0.266 e. The zero-order chi connectivity index (χ0) is 23.0. The number of Topliss-reactive ketones (excluding diaryl/α,β-unsaturated/α-hetero) is 1. The Hall–Kier alpha value is -3.00. The number of hydrogen-bond acceptors (Lipinski definition) is 5. The third-order valence-electron chi connectivity index (χ3n) is 5.06. The molecule has 0 atom stereocenters. The quantitative estimate of drug-likeness (QED) is 0.377. The number of benzene rings is 2. The lowest BCUT2D eigenvalue weighted by molar-refractivity contribution is 0.0969. The number of carbonyl (C=O) groups is 2. The number of aryl methyl sites for hydroxylation is 2. The summed E-state index contributed by atoms with van der Waals surface area (Å²) in [4.78, 5) is 43.8. The van der Waals surface area contributed by atoms with Gasteiger partial charge in [0.2, 0.25) is 0 Å². The van der Waals surface area contributed by atoms with E-state index in [1.54, 1.807) is 13.0 Å². The van der Waals surface area contributed by atoms with Crippen LogP contribution in [-0.4, -0.2) is 21.2 Å². The van der Waals surface area contributed by atoms with Gasteiger partial charge in [0.25, 0.3) is 11.5 Å². The van der Waals surface area contributed by atoms with E-state index in [2.05, 4.69) is 10.3 Å². The number of halogens is 2. The van der Waals surface area contributed by atoms with Gasteiger partial charge in [-0.2, -0.15) is 0 Å². The van der Waals surface area contributed by atoms with E-state index in [0.717, 1.165) is 16.9 Å². The largest absolute Gasteiger partial charge is 0.321 e. The van der Waals surface area contributed by atoms with Crippen LogP contribution >= 0.6 is 34.5 Å². The molecule has 32 heavy (non-hydrogen) atoms. The van der Waals surface area contributed by atoms with Crippen molar-refractivity contribution in [1.29, 1.82) is 0 Å². The number of thiophene rings is 1. The van der Waals surface area contributed by atoms with Crippen molar-refractivity contribution in [2.45, 2.75) is 20.4 Å². The minimum Gasteiger partial charge on any atom is -0.321 e. The number of carbonyl (C=O) groups excluding carboxylic acids is 2. The third-order valence-corrected chi connectivity index (χ3v) is 6.81. The van der Waals surface area contributed by atoms with Crippen LogP contribution in [0.5, 0.6) is 0 Å². The molecule has 1 N–H and O–H groups in total. The summed E-state index contributed by atoms with van der Waals surface area (Å²) in [5.41, 5.74) is 2.03. The van der Waals surface area contributed by atoms with Crippen molar-refractivity contribution in [3.05, 3.63) is 90.8 Å². The number of fused-ring (bicyclic) bond motifs is 1. The summed E-state index contributed by atoms with van der Waals surface area (Å²) in [6.07, 6.45) is 1.31. The van der Waals surface area contributed by atoms with E-state index in [1.807, 2.05) is 31.2 Å². The van der Waals surface area contributed by atoms with Gasteiger partial charge < -0.3 is 5.32 Å². The fourth-order valence-electron chi connectivity index (χ4n) is 3.34. The summed E-state index contributed by atoms with van der Waals surface area (Å²) < 4.78 is 1.22. The first-order valence-electron chi connectivity index (χ1n) is 9.60. The third kappa shape index (κ3) is 4.19. The van der Waals surface area contributed by atoms with E-state index >= 15 is 0 Å². The van der Waals surface area contributed by atoms with Crippen molar-refractivity contribution in [3.63, 3.8) is 0 Å². The molecule has 0 radical (unpaired) electrons. The standard InChI is InChI=1S/C23H17Cl2N3O3S/c1-12-5-3-4-6-17(12)27-21(30)20-13(2)19-22(32-20)26-11-28(23(19)31)10-18(29)15-8-7-14(24)9-16(15)25/h3-9,11H,10H2,1-2H3,(H,27,30). The molecule has 0 aliphatic heterocycles. The molecule has 2 aromatic heterocycles. The average Bonchev–Trinajstić information content (AvgIpc) is 3.09. The van der Waals surface area contributed by atoms with Crippen molar-refractivity contribution in [3.8, 4) is 0 Å². The van der Waals surface area contributed by atoms with Gasteiger partial charge in [-0.3, -0.25) is 19.0 Å². The van der Waals surface area contributed by atoms with Crippen molar-refractivity contribution < 1.29 is 9.59 Å². The Morgan fingerprint density at radius 1 is 1.12 bits per heavy atom. The van der Waals surface area contributed by atoms with Gasteiger partial charge in [0.15, 0.2) is 5.78 Å². The maximum absolute atomic E-state index is 13.1. The Bertz CT molecular complexity index is 1440. The van der Waals surface area contributed by atoms with Crippen LogP contribution in [0.1, 0.15) is 31.2 Å². The highest BCUT2D eigenvalue weighted by Gasteiger charge is 2.21. The molecule has 2 aromatic carbocycles. The van der Waals surface area contributed by atoms with Crippen LogP contribution in [0, 0.1) is 13.8 Å². The molecule has 162 valence electrons. The minimum absolute atomic E-state index is 0.214. The number of ketones is 1. The number of anilines is 1. The number of aromatic nitrogens is 2. The molecular formula is C23H17Cl2N3O3S. The number of amides is 1. The lowest BCUT2D eigenvalue weighted by Gasteiger charge is -2.07. The van der Waals surface area contributed by atoms with Crippen LogP contribution < -0.4 is 10.9 Å². The Morgan fingerprint density at radius 3 is 2.59 bits per heavy atom. The van der Waals surface area contributed by atoms with Gasteiger partial charge in [0.05, 0.1) is 28.2 Å². The molecular weight excluding hydrogens is 469 g/mol. The summed E-state index contributed by atoms with van der Waals surface area (Å²) >= 11 is 13.1. The SMILES string of the molecule is Cc1ccccc1NC(=O)c1sc2ncn(CC(=O)c3ccc(Cl)cc3Cl)c(=O)c2c1C. The number of nitrogens with one attached hydrogen (secondary N) is 1. The fourth-order valence-corrected chi connectivity index (χ4v) is 4.88. The Morgan fingerprint density at radius 2 is 1.88 bits per heavy atom. The van der Waals surface area contributed by atoms with Crippen LogP contribution in [0.3, 0.4) is 0 Å². The van der Waals surface area contributed by atoms with Gasteiger partial charge in [-0.05, 0) is 49.2 Å². The molecule has 1 amide bonds.